The Labute approximate surface area is 500 Å². The van der Waals surface area contributed by atoms with Gasteiger partial charge in [-0.3, -0.25) is 53.0 Å². The second-order valence-corrected chi connectivity index (χ2v) is 22.4. The molecular formula is C56H69N7O25. The van der Waals surface area contributed by atoms with Crippen LogP contribution in [0.4, 0.5) is 0 Å². The van der Waals surface area contributed by atoms with E-state index in [1.165, 1.54) is 46.3 Å². The number of nitrogens with zero attached hydrogens (tertiary/aromatic N) is 2. The van der Waals surface area contributed by atoms with Crippen molar-refractivity contribution in [2.45, 2.75) is 138 Å². The van der Waals surface area contributed by atoms with Crippen molar-refractivity contribution in [3.05, 3.63) is 63.7 Å². The van der Waals surface area contributed by atoms with E-state index in [2.05, 4.69) is 26.6 Å². The lowest BCUT2D eigenvalue weighted by Gasteiger charge is -2.43. The monoisotopic (exact) mass is 1240 g/mol. The number of phenols is 2. The maximum absolute atomic E-state index is 14.4. The van der Waals surface area contributed by atoms with Gasteiger partial charge in [-0.05, 0) is 18.9 Å². The van der Waals surface area contributed by atoms with E-state index in [9.17, 15) is 83.7 Å². The largest absolute Gasteiger partial charge is 0.507 e. The molecule has 0 bridgehead atoms. The number of carbonyl (C=O) groups excluding carboxylic acids is 9. The third-order valence-electron chi connectivity index (χ3n) is 16.3. The number of nitrogens with one attached hydrogen (secondary N) is 5. The fraction of sp³-hybridized carbons (Fsp3) is 0.571. The lowest BCUT2D eigenvalue weighted by Crippen LogP contribution is -2.61. The molecule has 4 fully saturated rings. The Hall–Kier alpha value is -7.60. The summed E-state index contributed by atoms with van der Waals surface area (Å²) in [5.74, 6) is -11.9. The number of imide groups is 1. The molecule has 5 aliphatic heterocycles. The topological polar surface area (TPSA) is 453 Å². The van der Waals surface area contributed by atoms with Crippen LogP contribution in [-0.2, 0) is 77.9 Å². The summed E-state index contributed by atoms with van der Waals surface area (Å²) in [5.41, 5.74) is -4.59. The molecular weight excluding hydrogens is 1170 g/mol. The van der Waals surface area contributed by atoms with Crippen LogP contribution in [-0.4, -0.2) is 250 Å². The number of rotatable bonds is 22. The number of ketones is 2. The second kappa shape index (κ2) is 26.6. The second-order valence-electron chi connectivity index (χ2n) is 22.4. The number of aliphatic hydroxyl groups is 4. The minimum absolute atomic E-state index is 0.0111. The Morgan fingerprint density at radius 3 is 2.19 bits per heavy atom. The van der Waals surface area contributed by atoms with Gasteiger partial charge in [0.2, 0.25) is 29.4 Å². The first-order valence-corrected chi connectivity index (χ1v) is 28.2. The van der Waals surface area contributed by atoms with Gasteiger partial charge in [0.15, 0.2) is 37.0 Å². The van der Waals surface area contributed by atoms with Crippen molar-refractivity contribution >= 4 is 58.9 Å². The van der Waals surface area contributed by atoms with Gasteiger partial charge in [0.05, 0.1) is 49.2 Å². The summed E-state index contributed by atoms with van der Waals surface area (Å²) in [6, 6.07) is 0.688. The average molecular weight is 1240 g/mol. The summed E-state index contributed by atoms with van der Waals surface area (Å²) in [7, 11) is 2.76. The number of phenolic OH excluding ortho intramolecular Hbond substituents is 2. The molecule has 7 amide bonds. The highest BCUT2D eigenvalue weighted by Crippen LogP contribution is 2.53. The molecule has 0 saturated carbocycles. The fourth-order valence-corrected chi connectivity index (χ4v) is 11.9. The van der Waals surface area contributed by atoms with Crippen LogP contribution in [0.2, 0.25) is 0 Å². The van der Waals surface area contributed by atoms with Crippen LogP contribution >= 0.6 is 0 Å². The zero-order valence-corrected chi connectivity index (χ0v) is 48.2. The molecule has 32 heteroatoms. The molecule has 478 valence electrons. The number of methoxy groups -OCH3 is 2. The number of aliphatic carboxylic acids is 1. The number of amides is 7. The number of carbonyl (C=O) groups is 10. The number of benzene rings is 2. The van der Waals surface area contributed by atoms with Crippen molar-refractivity contribution < 1.29 is 122 Å². The first-order chi connectivity index (χ1) is 41.8. The lowest BCUT2D eigenvalue weighted by atomic mass is 9.72. The van der Waals surface area contributed by atoms with E-state index in [1.54, 1.807) is 6.92 Å². The van der Waals surface area contributed by atoms with E-state index < -0.39 is 218 Å². The lowest BCUT2D eigenvalue weighted by molar-refractivity contribution is -0.294. The first kappa shape index (κ1) is 64.9. The van der Waals surface area contributed by atoms with Crippen molar-refractivity contribution in [3.63, 3.8) is 0 Å². The van der Waals surface area contributed by atoms with Crippen LogP contribution in [0.15, 0.2) is 30.4 Å². The number of ether oxygens (including phenoxy) is 8. The Morgan fingerprint density at radius 1 is 0.807 bits per heavy atom. The third-order valence-corrected chi connectivity index (χ3v) is 16.3. The van der Waals surface area contributed by atoms with Crippen molar-refractivity contribution in [2.75, 3.05) is 60.2 Å². The predicted octanol–water partition coefficient (Wildman–Crippen LogP) is -4.65. The number of carboxylic acids is 1. The molecule has 7 aliphatic rings. The molecule has 2 aromatic carbocycles. The van der Waals surface area contributed by atoms with Gasteiger partial charge in [-0.25, -0.2) is 4.79 Å². The van der Waals surface area contributed by atoms with E-state index in [0.29, 0.717) is 18.1 Å². The highest BCUT2D eigenvalue weighted by molar-refractivity contribution is 6.31. The van der Waals surface area contributed by atoms with Crippen LogP contribution in [0, 0.1) is 5.92 Å². The van der Waals surface area contributed by atoms with Crippen LogP contribution in [0.25, 0.3) is 0 Å². The standard InChI is InChI=1S/C56H69N7O25/c1-22(2)39(61-30(64)11-12-57-31(65)20-63-32(66)9-10-33(63)67)50(76)60-26(21-84-53-46(74)44(72)45(73)48(88-53)52(77)78)49(75)58-13-14-59-55(79)56(80)18-25-36(43(71)38-37(41(25)69)40(68)24-7-6-8-28(81-4)35(24)42(38)70)29(19-56)86-34-17-27-47(23(3)85-34)87-51-54(82-5)83-16-15-62(27)51/h6-10,22-23,26-27,29,34,39,44-48,51,53-54,69,71-74,80H,11-21H2,1-5H3,(H,57,65)(H,58,75)(H,59,79)(H,60,76)(H,61,64)(H,77,78)/t23-,26-,27-,29-,34+,39-,44-,45-,46+,47+,48-,51+,53+,54-,56-/m0/s1. The normalized spacial score (nSPS) is 29.6. The number of hydrogen-bond acceptors (Lipinski definition) is 25. The summed E-state index contributed by atoms with van der Waals surface area (Å²) in [5, 5.41) is 90.0. The Kier molecular flexibility index (Phi) is 19.6. The molecule has 32 nitrogen and oxygen atoms in total. The third kappa shape index (κ3) is 12.8. The van der Waals surface area contributed by atoms with Gasteiger partial charge >= 0.3 is 5.97 Å². The molecule has 0 aromatic heterocycles. The van der Waals surface area contributed by atoms with Gasteiger partial charge in [-0.1, -0.05) is 26.0 Å². The summed E-state index contributed by atoms with van der Waals surface area (Å²) in [4.78, 5) is 135. The van der Waals surface area contributed by atoms with E-state index in [1.807, 2.05) is 4.90 Å². The number of morpholine rings is 1. The number of aliphatic hydroxyl groups excluding tert-OH is 3. The maximum atomic E-state index is 14.4. The molecule has 88 heavy (non-hydrogen) atoms. The minimum Gasteiger partial charge on any atom is -0.507 e. The molecule has 0 radical (unpaired) electrons. The van der Waals surface area contributed by atoms with Gasteiger partial charge < -0.3 is 100 Å². The van der Waals surface area contributed by atoms with Crippen molar-refractivity contribution in [2.24, 2.45) is 5.92 Å². The highest BCUT2D eigenvalue weighted by Gasteiger charge is 2.56. The number of carboxylic acid groups (broad SMARTS) is 1. The van der Waals surface area contributed by atoms with Gasteiger partial charge in [0.1, 0.15) is 65.9 Å². The van der Waals surface area contributed by atoms with E-state index in [0.717, 1.165) is 12.2 Å². The zero-order chi connectivity index (χ0) is 63.8. The number of hydrogen-bond donors (Lipinski definition) is 12. The summed E-state index contributed by atoms with van der Waals surface area (Å²) < 4.78 is 46.7. The molecule has 0 spiro atoms. The molecule has 4 saturated heterocycles. The van der Waals surface area contributed by atoms with E-state index in [-0.39, 0.29) is 47.0 Å². The maximum Gasteiger partial charge on any atom is 0.335 e. The zero-order valence-electron chi connectivity index (χ0n) is 48.2. The molecule has 9 rings (SSSR count). The van der Waals surface area contributed by atoms with E-state index in [4.69, 9.17) is 37.9 Å². The predicted molar refractivity (Wildman–Crippen MR) is 290 cm³/mol. The molecule has 12 N–H and O–H groups in total. The van der Waals surface area contributed by atoms with Gasteiger partial charge in [-0.2, -0.15) is 0 Å². The highest BCUT2D eigenvalue weighted by atomic mass is 16.7. The van der Waals surface area contributed by atoms with Crippen LogP contribution in [0.5, 0.6) is 17.2 Å². The van der Waals surface area contributed by atoms with Crippen molar-refractivity contribution in [1.82, 2.24) is 36.4 Å². The van der Waals surface area contributed by atoms with Crippen molar-refractivity contribution in [3.8, 4) is 17.2 Å². The molecule has 2 aromatic rings. The van der Waals surface area contributed by atoms with Crippen molar-refractivity contribution in [1.29, 1.82) is 0 Å². The Bertz CT molecular complexity index is 3140. The molecule has 0 unspecified atom stereocenters. The molecule has 2 aliphatic carbocycles. The number of aromatic hydroxyl groups is 2. The summed E-state index contributed by atoms with van der Waals surface area (Å²) in [6.45, 7) is 2.78. The van der Waals surface area contributed by atoms with E-state index >= 15 is 0 Å². The van der Waals surface area contributed by atoms with Gasteiger partial charge in [-0.15, -0.1) is 0 Å². The van der Waals surface area contributed by atoms with Gasteiger partial charge in [0, 0.05) is 93.9 Å². The van der Waals surface area contributed by atoms with Crippen LogP contribution < -0.4 is 31.3 Å². The minimum atomic E-state index is -2.55. The smallest absolute Gasteiger partial charge is 0.335 e. The Morgan fingerprint density at radius 2 is 1.51 bits per heavy atom. The average Bonchev–Trinajstić information content (AvgIpc) is 0.857. The summed E-state index contributed by atoms with van der Waals surface area (Å²) in [6.07, 6.45) is -15.3. The van der Waals surface area contributed by atoms with Crippen LogP contribution in [0.3, 0.4) is 0 Å². The molecule has 15 atom stereocenters. The molecule has 5 heterocycles. The number of fused-ring (bicyclic) bond motifs is 6. The quantitative estimate of drug-likeness (QED) is 0.0256. The van der Waals surface area contributed by atoms with Crippen LogP contribution in [0.1, 0.15) is 89.1 Å². The SMILES string of the molecule is COc1cccc2c1C(=O)c1c(O)c3c(c(O)c1C2=O)C[C@@](O)(C(=O)NCCNC(=O)[C@H](CO[C@@H]1O[C@H](C(=O)O)[C@@H](O)[C@H](O)[C@H]1O)NC(=O)[C@@H](NC(=O)CCNC(=O)CN1C(=O)C=CC1=O)C(C)C)C[C@@H]3O[C@@H]1C[C@H]2[C@H](O[C@@H]3[C@@H](OC)OCCN32)[C@H](C)O1. The Balaban J connectivity index is 0.910. The summed E-state index contributed by atoms with van der Waals surface area (Å²) >= 11 is 0. The fourth-order valence-electron chi connectivity index (χ4n) is 11.9. The first-order valence-electron chi connectivity index (χ1n) is 28.2. The van der Waals surface area contributed by atoms with Gasteiger partial charge in [0.25, 0.3) is 17.7 Å².